The second-order valence-corrected chi connectivity index (χ2v) is 7.64. The third kappa shape index (κ3) is 7.13. The van der Waals surface area contributed by atoms with E-state index in [-0.39, 0.29) is 23.5 Å². The minimum absolute atomic E-state index is 0.0401. The summed E-state index contributed by atoms with van der Waals surface area (Å²) in [5.74, 6) is -0.116. The van der Waals surface area contributed by atoms with Gasteiger partial charge in [-0.15, -0.1) is 0 Å². The number of hydrogen-bond acceptors (Lipinski definition) is 3. The number of amides is 3. The van der Waals surface area contributed by atoms with Crippen LogP contribution in [0, 0.1) is 5.41 Å². The van der Waals surface area contributed by atoms with Crippen LogP contribution in [-0.4, -0.2) is 37.7 Å². The van der Waals surface area contributed by atoms with Gasteiger partial charge >= 0.3 is 6.03 Å². The third-order valence-corrected chi connectivity index (χ3v) is 3.94. The summed E-state index contributed by atoms with van der Waals surface area (Å²) in [6.07, 6.45) is 2.17. The van der Waals surface area contributed by atoms with E-state index in [1.807, 2.05) is 12.1 Å². The van der Waals surface area contributed by atoms with Gasteiger partial charge < -0.3 is 20.7 Å². The average molecular weight is 347 g/mol. The van der Waals surface area contributed by atoms with E-state index in [0.29, 0.717) is 25.2 Å². The number of nitrogens with one attached hydrogen (secondary N) is 3. The fraction of sp³-hybridized carbons (Fsp3) is 0.579. The zero-order chi connectivity index (χ0) is 18.3. The third-order valence-electron chi connectivity index (χ3n) is 3.94. The first-order chi connectivity index (χ1) is 11.8. The van der Waals surface area contributed by atoms with Gasteiger partial charge in [-0.25, -0.2) is 4.79 Å². The summed E-state index contributed by atoms with van der Waals surface area (Å²) in [6, 6.07) is 7.08. The van der Waals surface area contributed by atoms with Gasteiger partial charge in [0.05, 0.1) is 6.10 Å². The molecule has 1 aromatic carbocycles. The summed E-state index contributed by atoms with van der Waals surface area (Å²) >= 11 is 0. The van der Waals surface area contributed by atoms with E-state index in [1.54, 1.807) is 12.1 Å². The van der Waals surface area contributed by atoms with Crippen molar-refractivity contribution in [1.82, 2.24) is 16.0 Å². The van der Waals surface area contributed by atoms with E-state index in [2.05, 4.69) is 36.7 Å². The second kappa shape index (κ2) is 8.85. The monoisotopic (exact) mass is 347 g/mol. The van der Waals surface area contributed by atoms with Crippen LogP contribution in [0.25, 0.3) is 0 Å². The Morgan fingerprint density at radius 3 is 2.68 bits per heavy atom. The minimum Gasteiger partial charge on any atom is -0.376 e. The van der Waals surface area contributed by atoms with Crippen molar-refractivity contribution in [3.63, 3.8) is 0 Å². The highest BCUT2D eigenvalue weighted by Crippen LogP contribution is 2.12. The summed E-state index contributed by atoms with van der Waals surface area (Å²) in [4.78, 5) is 24.1. The summed E-state index contributed by atoms with van der Waals surface area (Å²) in [5.41, 5.74) is 1.52. The van der Waals surface area contributed by atoms with Crippen LogP contribution in [0.15, 0.2) is 24.3 Å². The Hall–Kier alpha value is -2.08. The number of carbonyl (C=O) groups is 2. The van der Waals surface area contributed by atoms with E-state index in [0.717, 1.165) is 25.0 Å². The molecule has 1 heterocycles. The molecule has 1 aromatic rings. The van der Waals surface area contributed by atoms with Gasteiger partial charge in [-0.1, -0.05) is 32.9 Å². The Morgan fingerprint density at radius 2 is 2.00 bits per heavy atom. The molecular weight excluding hydrogens is 318 g/mol. The van der Waals surface area contributed by atoms with Crippen LogP contribution in [0.3, 0.4) is 0 Å². The average Bonchev–Trinajstić information content (AvgIpc) is 3.09. The highest BCUT2D eigenvalue weighted by Gasteiger charge is 2.17. The van der Waals surface area contributed by atoms with Gasteiger partial charge in [0.2, 0.25) is 0 Å². The van der Waals surface area contributed by atoms with Crippen molar-refractivity contribution in [2.75, 3.05) is 19.7 Å². The zero-order valence-corrected chi connectivity index (χ0v) is 15.4. The molecule has 0 aliphatic carbocycles. The minimum atomic E-state index is -0.205. The zero-order valence-electron chi connectivity index (χ0n) is 15.4. The summed E-state index contributed by atoms with van der Waals surface area (Å²) in [6.45, 7) is 8.48. The molecule has 138 valence electrons. The number of ether oxygens (including phenoxy) is 1. The molecule has 0 aromatic heterocycles. The van der Waals surface area contributed by atoms with E-state index in [4.69, 9.17) is 4.74 Å². The normalized spacial score (nSPS) is 17.2. The lowest BCUT2D eigenvalue weighted by Crippen LogP contribution is -2.39. The first-order valence-corrected chi connectivity index (χ1v) is 8.84. The molecule has 0 unspecified atom stereocenters. The Labute approximate surface area is 149 Å². The van der Waals surface area contributed by atoms with Gasteiger partial charge in [0.15, 0.2) is 0 Å². The van der Waals surface area contributed by atoms with Crippen LogP contribution in [0.2, 0.25) is 0 Å². The Morgan fingerprint density at radius 1 is 1.20 bits per heavy atom. The molecule has 6 nitrogen and oxygen atoms in total. The van der Waals surface area contributed by atoms with E-state index >= 15 is 0 Å². The molecular formula is C19H29N3O3. The molecule has 1 aliphatic heterocycles. The summed E-state index contributed by atoms with van der Waals surface area (Å²) in [7, 11) is 0. The standard InChI is InChI=1S/C19H29N3O3/c1-19(2,3)13-22-18(24)21-11-14-6-4-7-15(10-14)17(23)20-12-16-8-5-9-25-16/h4,6-7,10,16H,5,8-9,11-13H2,1-3H3,(H,20,23)(H2,21,22,24)/t16-/m0/s1. The van der Waals surface area contributed by atoms with Crippen molar-refractivity contribution < 1.29 is 14.3 Å². The first kappa shape index (κ1) is 19.2. The maximum Gasteiger partial charge on any atom is 0.315 e. The molecule has 3 N–H and O–H groups in total. The second-order valence-electron chi connectivity index (χ2n) is 7.64. The fourth-order valence-electron chi connectivity index (χ4n) is 2.53. The summed E-state index contributed by atoms with van der Waals surface area (Å²) in [5, 5.41) is 8.56. The molecule has 1 fully saturated rings. The van der Waals surface area contributed by atoms with Crippen LogP contribution in [-0.2, 0) is 11.3 Å². The van der Waals surface area contributed by atoms with Crippen molar-refractivity contribution in [2.45, 2.75) is 46.3 Å². The molecule has 1 saturated heterocycles. The molecule has 2 rings (SSSR count). The van der Waals surface area contributed by atoms with Gasteiger partial charge in [-0.05, 0) is 36.0 Å². The van der Waals surface area contributed by atoms with Gasteiger partial charge in [0, 0.05) is 31.8 Å². The Kier molecular flexibility index (Phi) is 6.82. The quantitative estimate of drug-likeness (QED) is 0.739. The van der Waals surface area contributed by atoms with Gasteiger partial charge in [0.25, 0.3) is 5.91 Å². The van der Waals surface area contributed by atoms with Gasteiger partial charge in [-0.3, -0.25) is 4.79 Å². The topological polar surface area (TPSA) is 79.5 Å². The molecule has 0 spiro atoms. The van der Waals surface area contributed by atoms with Gasteiger partial charge in [-0.2, -0.15) is 0 Å². The predicted octanol–water partition coefficient (Wildman–Crippen LogP) is 2.44. The first-order valence-electron chi connectivity index (χ1n) is 8.84. The largest absolute Gasteiger partial charge is 0.376 e. The molecule has 0 saturated carbocycles. The number of carbonyl (C=O) groups excluding carboxylic acids is 2. The van der Waals surface area contributed by atoms with E-state index < -0.39 is 0 Å². The van der Waals surface area contributed by atoms with Crippen LogP contribution >= 0.6 is 0 Å². The van der Waals surface area contributed by atoms with Crippen molar-refractivity contribution >= 4 is 11.9 Å². The molecule has 0 radical (unpaired) electrons. The fourth-order valence-corrected chi connectivity index (χ4v) is 2.53. The molecule has 1 aliphatic rings. The number of rotatable bonds is 6. The number of urea groups is 1. The molecule has 6 heteroatoms. The van der Waals surface area contributed by atoms with Crippen molar-refractivity contribution in [1.29, 1.82) is 0 Å². The van der Waals surface area contributed by atoms with Crippen LogP contribution < -0.4 is 16.0 Å². The lowest BCUT2D eigenvalue weighted by atomic mass is 9.97. The molecule has 0 bridgehead atoms. The van der Waals surface area contributed by atoms with Crippen LogP contribution in [0.5, 0.6) is 0 Å². The smallest absolute Gasteiger partial charge is 0.315 e. The maximum atomic E-state index is 12.2. The van der Waals surface area contributed by atoms with Crippen LogP contribution in [0.1, 0.15) is 49.5 Å². The van der Waals surface area contributed by atoms with Crippen LogP contribution in [0.4, 0.5) is 4.79 Å². The predicted molar refractivity (Wildman–Crippen MR) is 97.4 cm³/mol. The van der Waals surface area contributed by atoms with E-state index in [1.165, 1.54) is 0 Å². The highest BCUT2D eigenvalue weighted by atomic mass is 16.5. The SMILES string of the molecule is CC(C)(C)CNC(=O)NCc1cccc(C(=O)NC[C@@H]2CCCO2)c1. The highest BCUT2D eigenvalue weighted by molar-refractivity contribution is 5.94. The number of hydrogen-bond donors (Lipinski definition) is 3. The molecule has 1 atom stereocenters. The van der Waals surface area contributed by atoms with Crippen molar-refractivity contribution in [3.05, 3.63) is 35.4 Å². The summed E-state index contributed by atoms with van der Waals surface area (Å²) < 4.78 is 5.51. The lowest BCUT2D eigenvalue weighted by molar-refractivity contribution is 0.0857. The van der Waals surface area contributed by atoms with Gasteiger partial charge in [0.1, 0.15) is 0 Å². The lowest BCUT2D eigenvalue weighted by Gasteiger charge is -2.19. The molecule has 3 amide bonds. The Balaban J connectivity index is 1.79. The Bertz CT molecular complexity index is 590. The molecule has 25 heavy (non-hydrogen) atoms. The number of benzene rings is 1. The van der Waals surface area contributed by atoms with Crippen molar-refractivity contribution in [2.24, 2.45) is 5.41 Å². The van der Waals surface area contributed by atoms with E-state index in [9.17, 15) is 9.59 Å². The maximum absolute atomic E-state index is 12.2. The van der Waals surface area contributed by atoms with Crippen molar-refractivity contribution in [3.8, 4) is 0 Å².